The lowest BCUT2D eigenvalue weighted by Gasteiger charge is -2.19. The molecule has 0 bridgehead atoms. The van der Waals surface area contributed by atoms with Crippen molar-refractivity contribution >= 4 is 39.8 Å². The van der Waals surface area contributed by atoms with Gasteiger partial charge < -0.3 is 4.42 Å². The number of rotatable bonds is 5. The van der Waals surface area contributed by atoms with E-state index in [9.17, 15) is 9.18 Å². The highest BCUT2D eigenvalue weighted by Gasteiger charge is 2.35. The van der Waals surface area contributed by atoms with Gasteiger partial charge in [0.15, 0.2) is 5.84 Å². The first-order chi connectivity index (χ1) is 13.5. The Kier molecular flexibility index (Phi) is 4.95. The summed E-state index contributed by atoms with van der Waals surface area (Å²) in [6.45, 7) is 2.10. The number of nitrogens with one attached hydrogen (secondary N) is 1. The van der Waals surface area contributed by atoms with Gasteiger partial charge in [-0.3, -0.25) is 10.2 Å². The zero-order chi connectivity index (χ0) is 19.7. The number of hydrogen-bond acceptors (Lipinski definition) is 5. The van der Waals surface area contributed by atoms with Crippen LogP contribution in [0.5, 0.6) is 0 Å². The summed E-state index contributed by atoms with van der Waals surface area (Å²) in [5.74, 6) is 0.120. The zero-order valence-electron chi connectivity index (χ0n) is 15.1. The van der Waals surface area contributed by atoms with Crippen molar-refractivity contribution in [1.82, 2.24) is 5.01 Å². The Morgan fingerprint density at radius 3 is 2.79 bits per heavy atom. The number of carbonyl (C=O) groups is 1. The molecule has 0 saturated heterocycles. The molecule has 2 aliphatic heterocycles. The lowest BCUT2D eigenvalue weighted by Crippen LogP contribution is -2.35. The van der Waals surface area contributed by atoms with Gasteiger partial charge in [0.25, 0.3) is 5.91 Å². The molecule has 0 unspecified atom stereocenters. The number of hydrogen-bond donors (Lipinski definition) is 1. The lowest BCUT2D eigenvalue weighted by molar-refractivity contribution is -0.114. The number of halogens is 1. The van der Waals surface area contributed by atoms with Crippen molar-refractivity contribution in [2.45, 2.75) is 26.2 Å². The molecule has 2 aliphatic rings. The van der Waals surface area contributed by atoms with E-state index in [0.717, 1.165) is 29.9 Å². The van der Waals surface area contributed by atoms with Crippen LogP contribution in [0.1, 0.15) is 31.9 Å². The monoisotopic (exact) mass is 396 g/mol. The number of amides is 1. The molecule has 3 heterocycles. The van der Waals surface area contributed by atoms with Crippen LogP contribution < -0.4 is 0 Å². The number of thioether (sulfide) groups is 1. The fourth-order valence-electron chi connectivity index (χ4n) is 2.80. The highest BCUT2D eigenvalue weighted by atomic mass is 32.2. The summed E-state index contributed by atoms with van der Waals surface area (Å²) in [7, 11) is 0. The van der Waals surface area contributed by atoms with Crippen molar-refractivity contribution in [2.75, 3.05) is 0 Å². The molecule has 6 nitrogen and oxygen atoms in total. The van der Waals surface area contributed by atoms with E-state index in [1.165, 1.54) is 35.0 Å². The maximum Gasteiger partial charge on any atom is 0.283 e. The van der Waals surface area contributed by atoms with Crippen LogP contribution in [0.15, 0.2) is 56.5 Å². The second-order valence-corrected chi connectivity index (χ2v) is 7.37. The molecular weight excluding hydrogens is 379 g/mol. The molecule has 0 saturated carbocycles. The van der Waals surface area contributed by atoms with Crippen molar-refractivity contribution in [3.05, 3.63) is 53.5 Å². The molecule has 4 rings (SSSR count). The summed E-state index contributed by atoms with van der Waals surface area (Å²) in [6, 6.07) is 9.36. The van der Waals surface area contributed by atoms with Gasteiger partial charge >= 0.3 is 0 Å². The second kappa shape index (κ2) is 7.55. The number of amidine groups is 2. The van der Waals surface area contributed by atoms with Crippen LogP contribution in [0.4, 0.5) is 4.39 Å². The molecule has 0 fully saturated rings. The molecule has 28 heavy (non-hydrogen) atoms. The molecule has 0 atom stereocenters. The Labute approximate surface area is 165 Å². The van der Waals surface area contributed by atoms with E-state index in [4.69, 9.17) is 9.83 Å². The third kappa shape index (κ3) is 3.55. The van der Waals surface area contributed by atoms with Crippen LogP contribution in [0, 0.1) is 11.2 Å². The van der Waals surface area contributed by atoms with Gasteiger partial charge in [0.1, 0.15) is 22.4 Å². The van der Waals surface area contributed by atoms with E-state index in [1.807, 2.05) is 0 Å². The normalized spacial score (nSPS) is 17.8. The van der Waals surface area contributed by atoms with Crippen molar-refractivity contribution in [3.63, 3.8) is 0 Å². The minimum absolute atomic E-state index is 0.0197. The van der Waals surface area contributed by atoms with Crippen LogP contribution in [0.25, 0.3) is 17.4 Å². The van der Waals surface area contributed by atoms with Crippen molar-refractivity contribution < 1.29 is 13.6 Å². The molecule has 142 valence electrons. The Bertz CT molecular complexity index is 1040. The predicted octanol–water partition coefficient (Wildman–Crippen LogP) is 4.90. The van der Waals surface area contributed by atoms with Crippen molar-refractivity contribution in [2.24, 2.45) is 10.1 Å². The summed E-state index contributed by atoms with van der Waals surface area (Å²) in [6.07, 6.45) is 4.33. The molecular formula is C20H17FN4O2S. The SMILES string of the molecule is CCCCC1=NN2C(=N)/C(=C/c3ccc(-c4ccc(F)cc4)o3)C(=O)N=C2S1. The average Bonchev–Trinajstić information content (AvgIpc) is 3.31. The summed E-state index contributed by atoms with van der Waals surface area (Å²) < 4.78 is 18.8. The van der Waals surface area contributed by atoms with Crippen LogP contribution in [0.3, 0.4) is 0 Å². The number of benzene rings is 1. The molecule has 8 heteroatoms. The maximum absolute atomic E-state index is 13.1. The quantitative estimate of drug-likeness (QED) is 0.729. The van der Waals surface area contributed by atoms with Gasteiger partial charge in [0.2, 0.25) is 5.17 Å². The summed E-state index contributed by atoms with van der Waals surface area (Å²) in [4.78, 5) is 16.5. The minimum atomic E-state index is -0.490. The maximum atomic E-state index is 13.1. The summed E-state index contributed by atoms with van der Waals surface area (Å²) >= 11 is 1.34. The van der Waals surface area contributed by atoms with Gasteiger partial charge in [-0.15, -0.1) is 0 Å². The number of hydrazone groups is 1. The first-order valence-electron chi connectivity index (χ1n) is 8.90. The molecule has 1 N–H and O–H groups in total. The number of fused-ring (bicyclic) bond motifs is 1. The standard InChI is InChI=1S/C20H17FN4O2S/c1-2-3-4-17-24-25-18(22)15(19(26)23-20(25)28-17)11-14-9-10-16(27-14)12-5-7-13(21)8-6-12/h5-11,22H,2-4H2,1H3/b15-11-,22-18?. The van der Waals surface area contributed by atoms with Gasteiger partial charge in [0.05, 0.1) is 5.57 Å². The van der Waals surface area contributed by atoms with Gasteiger partial charge in [-0.05, 0) is 67.1 Å². The van der Waals surface area contributed by atoms with E-state index in [1.54, 1.807) is 24.3 Å². The van der Waals surface area contributed by atoms with Crippen LogP contribution in [-0.4, -0.2) is 27.0 Å². The minimum Gasteiger partial charge on any atom is -0.457 e. The largest absolute Gasteiger partial charge is 0.457 e. The second-order valence-electron chi connectivity index (χ2n) is 6.33. The Morgan fingerprint density at radius 1 is 1.25 bits per heavy atom. The molecule has 1 amide bonds. The Hall–Kier alpha value is -3.00. The predicted molar refractivity (Wildman–Crippen MR) is 109 cm³/mol. The van der Waals surface area contributed by atoms with Crippen LogP contribution in [-0.2, 0) is 4.79 Å². The van der Waals surface area contributed by atoms with E-state index < -0.39 is 5.91 Å². The Morgan fingerprint density at radius 2 is 2.04 bits per heavy atom. The molecule has 0 aliphatic carbocycles. The fourth-order valence-corrected chi connectivity index (χ4v) is 3.73. The molecule has 0 radical (unpaired) electrons. The van der Waals surface area contributed by atoms with E-state index in [2.05, 4.69) is 17.0 Å². The zero-order valence-corrected chi connectivity index (χ0v) is 15.9. The highest BCUT2D eigenvalue weighted by Crippen LogP contribution is 2.30. The smallest absolute Gasteiger partial charge is 0.283 e. The highest BCUT2D eigenvalue weighted by molar-refractivity contribution is 8.26. The Balaban J connectivity index is 1.59. The van der Waals surface area contributed by atoms with E-state index in [0.29, 0.717) is 16.7 Å². The average molecular weight is 396 g/mol. The summed E-state index contributed by atoms with van der Waals surface area (Å²) in [5.41, 5.74) is 0.836. The number of unbranched alkanes of at least 4 members (excludes halogenated alkanes) is 1. The fraction of sp³-hybridized carbons (Fsp3) is 0.200. The van der Waals surface area contributed by atoms with Crippen molar-refractivity contribution in [1.29, 1.82) is 5.41 Å². The van der Waals surface area contributed by atoms with E-state index >= 15 is 0 Å². The first kappa shape index (κ1) is 18.4. The van der Waals surface area contributed by atoms with Gasteiger partial charge in [-0.2, -0.15) is 15.1 Å². The lowest BCUT2D eigenvalue weighted by atomic mass is 10.1. The van der Waals surface area contributed by atoms with Crippen LogP contribution in [0.2, 0.25) is 0 Å². The number of nitrogens with zero attached hydrogens (tertiary/aromatic N) is 3. The molecule has 1 aromatic carbocycles. The van der Waals surface area contributed by atoms with E-state index in [-0.39, 0.29) is 17.2 Å². The number of carbonyl (C=O) groups excluding carboxylic acids is 1. The molecule has 0 spiro atoms. The summed E-state index contributed by atoms with van der Waals surface area (Å²) in [5, 5.41) is 15.5. The number of furan rings is 1. The van der Waals surface area contributed by atoms with Gasteiger partial charge in [-0.1, -0.05) is 13.3 Å². The molecule has 2 aromatic rings. The van der Waals surface area contributed by atoms with Crippen molar-refractivity contribution in [3.8, 4) is 11.3 Å². The third-order valence-electron chi connectivity index (χ3n) is 4.28. The van der Waals surface area contributed by atoms with Gasteiger partial charge in [0, 0.05) is 5.56 Å². The number of aliphatic imine (C=N–C) groups is 1. The third-order valence-corrected chi connectivity index (χ3v) is 5.25. The topological polar surface area (TPSA) is 82.0 Å². The first-order valence-corrected chi connectivity index (χ1v) is 9.71. The molecule has 1 aromatic heterocycles. The van der Waals surface area contributed by atoms with Crippen LogP contribution >= 0.6 is 11.8 Å². The van der Waals surface area contributed by atoms with Gasteiger partial charge in [-0.25, -0.2) is 4.39 Å².